The molecule has 0 N–H and O–H groups in total. The SMILES string of the molecule is CC(C)OCC(OC(C)C)OC(C)C. The molecule has 0 unspecified atom stereocenters. The van der Waals surface area contributed by atoms with Crippen molar-refractivity contribution in [1.29, 1.82) is 0 Å². The molecule has 0 aromatic heterocycles. The topological polar surface area (TPSA) is 27.7 Å². The average molecular weight is 204 g/mol. The van der Waals surface area contributed by atoms with Gasteiger partial charge in [-0.05, 0) is 41.5 Å². The van der Waals surface area contributed by atoms with Crippen LogP contribution in [0.5, 0.6) is 0 Å². The van der Waals surface area contributed by atoms with E-state index in [0.717, 1.165) is 0 Å². The second-order valence-electron chi connectivity index (χ2n) is 4.18. The molecule has 86 valence electrons. The molecule has 0 aliphatic carbocycles. The predicted molar refractivity (Wildman–Crippen MR) is 57.3 cm³/mol. The summed E-state index contributed by atoms with van der Waals surface area (Å²) in [5.74, 6) is 0. The summed E-state index contributed by atoms with van der Waals surface area (Å²) in [5, 5.41) is 0. The van der Waals surface area contributed by atoms with Gasteiger partial charge in [0.05, 0.1) is 24.9 Å². The monoisotopic (exact) mass is 204 g/mol. The number of ether oxygens (including phenoxy) is 3. The van der Waals surface area contributed by atoms with Gasteiger partial charge in [-0.25, -0.2) is 0 Å². The number of rotatable bonds is 7. The maximum Gasteiger partial charge on any atom is 0.181 e. The highest BCUT2D eigenvalue weighted by molar-refractivity contribution is 4.50. The Hall–Kier alpha value is -0.120. The quantitative estimate of drug-likeness (QED) is 0.597. The molecule has 0 saturated heterocycles. The minimum atomic E-state index is -0.252. The maximum absolute atomic E-state index is 5.56. The Morgan fingerprint density at radius 3 is 1.43 bits per heavy atom. The van der Waals surface area contributed by atoms with Gasteiger partial charge in [0.1, 0.15) is 0 Å². The molecule has 0 aromatic carbocycles. The van der Waals surface area contributed by atoms with Crippen LogP contribution in [-0.4, -0.2) is 31.2 Å². The van der Waals surface area contributed by atoms with Crippen molar-refractivity contribution in [2.75, 3.05) is 6.61 Å². The molecule has 0 saturated carbocycles. The minimum Gasteiger partial charge on any atom is -0.374 e. The molecular formula is C11H24O3. The van der Waals surface area contributed by atoms with E-state index >= 15 is 0 Å². The Morgan fingerprint density at radius 1 is 0.714 bits per heavy atom. The molecule has 0 rings (SSSR count). The van der Waals surface area contributed by atoms with Crippen molar-refractivity contribution in [3.8, 4) is 0 Å². The van der Waals surface area contributed by atoms with Gasteiger partial charge in [-0.1, -0.05) is 0 Å². The van der Waals surface area contributed by atoms with Crippen LogP contribution in [0.1, 0.15) is 41.5 Å². The molecule has 0 aromatic rings. The zero-order chi connectivity index (χ0) is 11.1. The standard InChI is InChI=1S/C11H24O3/c1-8(2)12-7-11(13-9(3)4)14-10(5)6/h8-11H,7H2,1-6H3. The Bertz CT molecular complexity index is 122. The first-order valence-corrected chi connectivity index (χ1v) is 5.34. The first-order valence-electron chi connectivity index (χ1n) is 5.34. The smallest absolute Gasteiger partial charge is 0.181 e. The van der Waals surface area contributed by atoms with Crippen LogP contribution in [0.3, 0.4) is 0 Å². The highest BCUT2D eigenvalue weighted by atomic mass is 16.7. The molecule has 3 nitrogen and oxygen atoms in total. The van der Waals surface area contributed by atoms with Crippen LogP contribution >= 0.6 is 0 Å². The van der Waals surface area contributed by atoms with E-state index in [1.165, 1.54) is 0 Å². The van der Waals surface area contributed by atoms with Gasteiger partial charge < -0.3 is 14.2 Å². The van der Waals surface area contributed by atoms with Crippen molar-refractivity contribution in [3.63, 3.8) is 0 Å². The van der Waals surface area contributed by atoms with Crippen molar-refractivity contribution in [2.45, 2.75) is 66.1 Å². The van der Waals surface area contributed by atoms with Gasteiger partial charge in [-0.2, -0.15) is 0 Å². The van der Waals surface area contributed by atoms with E-state index in [1.54, 1.807) is 0 Å². The van der Waals surface area contributed by atoms with Crippen molar-refractivity contribution in [1.82, 2.24) is 0 Å². The van der Waals surface area contributed by atoms with Crippen LogP contribution in [0, 0.1) is 0 Å². The molecule has 3 heteroatoms. The van der Waals surface area contributed by atoms with Crippen molar-refractivity contribution in [3.05, 3.63) is 0 Å². The Morgan fingerprint density at radius 2 is 1.14 bits per heavy atom. The van der Waals surface area contributed by atoms with Gasteiger partial charge in [0.2, 0.25) is 0 Å². The summed E-state index contributed by atoms with van der Waals surface area (Å²) in [4.78, 5) is 0. The summed E-state index contributed by atoms with van der Waals surface area (Å²) in [7, 11) is 0. The highest BCUT2D eigenvalue weighted by Gasteiger charge is 2.14. The summed E-state index contributed by atoms with van der Waals surface area (Å²) in [5.41, 5.74) is 0. The molecule has 0 aliphatic heterocycles. The molecule has 0 amide bonds. The summed E-state index contributed by atoms with van der Waals surface area (Å²) in [6.07, 6.45) is 0.283. The van der Waals surface area contributed by atoms with E-state index in [2.05, 4.69) is 0 Å². The summed E-state index contributed by atoms with van der Waals surface area (Å²) >= 11 is 0. The zero-order valence-corrected chi connectivity index (χ0v) is 10.2. The average Bonchev–Trinajstić information content (AvgIpc) is 1.97. The third-order valence-electron chi connectivity index (χ3n) is 1.41. The fourth-order valence-electron chi connectivity index (χ4n) is 0.989. The third-order valence-corrected chi connectivity index (χ3v) is 1.41. The molecule has 0 fully saturated rings. The fourth-order valence-corrected chi connectivity index (χ4v) is 0.989. The van der Waals surface area contributed by atoms with Gasteiger partial charge in [0, 0.05) is 0 Å². The van der Waals surface area contributed by atoms with E-state index in [0.29, 0.717) is 6.61 Å². The van der Waals surface area contributed by atoms with Gasteiger partial charge in [-0.3, -0.25) is 0 Å². The second-order valence-corrected chi connectivity index (χ2v) is 4.18. The first-order chi connectivity index (χ1) is 6.41. The van der Waals surface area contributed by atoms with E-state index < -0.39 is 0 Å². The van der Waals surface area contributed by atoms with E-state index in [-0.39, 0.29) is 24.6 Å². The van der Waals surface area contributed by atoms with Crippen molar-refractivity contribution >= 4 is 0 Å². The number of hydrogen-bond acceptors (Lipinski definition) is 3. The van der Waals surface area contributed by atoms with Crippen LogP contribution < -0.4 is 0 Å². The van der Waals surface area contributed by atoms with Gasteiger partial charge in [0.15, 0.2) is 6.29 Å². The van der Waals surface area contributed by atoms with E-state index in [9.17, 15) is 0 Å². The molecule has 14 heavy (non-hydrogen) atoms. The van der Waals surface area contributed by atoms with Crippen LogP contribution in [0.4, 0.5) is 0 Å². The Balaban J connectivity index is 3.84. The molecular weight excluding hydrogens is 180 g/mol. The van der Waals surface area contributed by atoms with Gasteiger partial charge >= 0.3 is 0 Å². The second kappa shape index (κ2) is 7.21. The first kappa shape index (κ1) is 13.9. The molecule has 0 spiro atoms. The lowest BCUT2D eigenvalue weighted by Gasteiger charge is -2.23. The molecule has 0 aliphatic rings. The number of hydrogen-bond donors (Lipinski definition) is 0. The summed E-state index contributed by atoms with van der Waals surface area (Å²) < 4.78 is 16.6. The maximum atomic E-state index is 5.56. The summed E-state index contributed by atoms with van der Waals surface area (Å²) in [6, 6.07) is 0. The third kappa shape index (κ3) is 8.48. The van der Waals surface area contributed by atoms with Crippen molar-refractivity contribution < 1.29 is 14.2 Å². The molecule has 0 atom stereocenters. The lowest BCUT2D eigenvalue weighted by molar-refractivity contribution is -0.209. The van der Waals surface area contributed by atoms with Gasteiger partial charge in [0.25, 0.3) is 0 Å². The normalized spacial score (nSPS) is 12.4. The highest BCUT2D eigenvalue weighted by Crippen LogP contribution is 2.05. The lowest BCUT2D eigenvalue weighted by Crippen LogP contribution is -2.30. The molecule has 0 radical (unpaired) electrons. The van der Waals surface area contributed by atoms with Crippen LogP contribution in [0.2, 0.25) is 0 Å². The summed E-state index contributed by atoms with van der Waals surface area (Å²) in [6.45, 7) is 12.5. The van der Waals surface area contributed by atoms with Gasteiger partial charge in [-0.15, -0.1) is 0 Å². The minimum absolute atomic E-state index is 0.162. The van der Waals surface area contributed by atoms with E-state index in [1.807, 2.05) is 41.5 Å². The molecule has 0 bridgehead atoms. The molecule has 0 heterocycles. The van der Waals surface area contributed by atoms with Crippen molar-refractivity contribution in [2.24, 2.45) is 0 Å². The largest absolute Gasteiger partial charge is 0.374 e. The van der Waals surface area contributed by atoms with Crippen LogP contribution in [0.25, 0.3) is 0 Å². The zero-order valence-electron chi connectivity index (χ0n) is 10.2. The van der Waals surface area contributed by atoms with E-state index in [4.69, 9.17) is 14.2 Å². The predicted octanol–water partition coefficient (Wildman–Crippen LogP) is 2.59. The Labute approximate surface area is 87.7 Å². The Kier molecular flexibility index (Phi) is 7.15. The van der Waals surface area contributed by atoms with Crippen LogP contribution in [0.15, 0.2) is 0 Å². The fraction of sp³-hybridized carbons (Fsp3) is 1.00. The lowest BCUT2D eigenvalue weighted by atomic mass is 10.4. The van der Waals surface area contributed by atoms with Crippen LogP contribution in [-0.2, 0) is 14.2 Å².